The van der Waals surface area contributed by atoms with Gasteiger partial charge < -0.3 is 23.6 Å². The fraction of sp³-hybridized carbons (Fsp3) is 0.281. The molecule has 0 radical (unpaired) electrons. The minimum absolute atomic E-state index is 0.0359. The van der Waals surface area contributed by atoms with Crippen LogP contribution in [0.1, 0.15) is 52.6 Å². The molecular formula is C32H26ClFN4O7. The van der Waals surface area contributed by atoms with Gasteiger partial charge in [-0.2, -0.15) is 4.39 Å². The third-order valence-electron chi connectivity index (χ3n) is 8.22. The fourth-order valence-electron chi connectivity index (χ4n) is 5.76. The van der Waals surface area contributed by atoms with E-state index in [4.69, 9.17) is 25.5 Å². The van der Waals surface area contributed by atoms with Crippen molar-refractivity contribution in [3.8, 4) is 5.88 Å². The van der Waals surface area contributed by atoms with Crippen LogP contribution in [0, 0.1) is 6.01 Å². The molecular weight excluding hydrogens is 607 g/mol. The van der Waals surface area contributed by atoms with Crippen LogP contribution in [0.5, 0.6) is 5.88 Å². The van der Waals surface area contributed by atoms with E-state index >= 15 is 0 Å². The minimum Gasteiger partial charge on any atom is -0.478 e. The van der Waals surface area contributed by atoms with Gasteiger partial charge >= 0.3 is 5.97 Å². The number of imidazole rings is 1. The zero-order valence-electron chi connectivity index (χ0n) is 23.7. The van der Waals surface area contributed by atoms with Crippen LogP contribution in [0.15, 0.2) is 59.0 Å². The van der Waals surface area contributed by atoms with Crippen molar-refractivity contribution in [3.63, 3.8) is 0 Å². The van der Waals surface area contributed by atoms with Gasteiger partial charge in [0.2, 0.25) is 17.7 Å². The number of carboxylic acid groups (broad SMARTS) is 1. The zero-order chi connectivity index (χ0) is 31.2. The molecule has 1 atom stereocenters. The Hall–Kier alpha value is -4.81. The molecule has 0 aliphatic carbocycles. The summed E-state index contributed by atoms with van der Waals surface area (Å²) in [5.41, 5.74) is 2.70. The number of amides is 2. The first-order chi connectivity index (χ1) is 21.7. The summed E-state index contributed by atoms with van der Waals surface area (Å²) >= 11 is 6.15. The van der Waals surface area contributed by atoms with Gasteiger partial charge in [-0.05, 0) is 36.8 Å². The van der Waals surface area contributed by atoms with E-state index in [1.165, 1.54) is 17.0 Å². The lowest BCUT2D eigenvalue weighted by atomic mass is 9.92. The van der Waals surface area contributed by atoms with Crippen LogP contribution in [-0.2, 0) is 34.0 Å². The smallest absolute Gasteiger partial charge is 0.335 e. The molecule has 2 saturated heterocycles. The van der Waals surface area contributed by atoms with Crippen LogP contribution in [0.3, 0.4) is 0 Å². The van der Waals surface area contributed by atoms with Crippen molar-refractivity contribution in [3.05, 3.63) is 88.3 Å². The molecule has 230 valence electrons. The number of hydrogen-bond donors (Lipinski definition) is 1. The minimum atomic E-state index is -1.06. The maximum Gasteiger partial charge on any atom is 0.335 e. The second kappa shape index (κ2) is 11.6. The molecule has 2 aliphatic heterocycles. The van der Waals surface area contributed by atoms with Crippen LogP contribution in [0.2, 0.25) is 5.02 Å². The molecule has 3 aromatic heterocycles. The molecule has 13 heteroatoms. The third-order valence-corrected chi connectivity index (χ3v) is 8.55. The largest absolute Gasteiger partial charge is 0.478 e. The number of carboxylic acids is 1. The highest BCUT2D eigenvalue weighted by Gasteiger charge is 2.35. The number of aromatic carboxylic acids is 1. The topological polar surface area (TPSA) is 137 Å². The predicted octanol–water partition coefficient (Wildman–Crippen LogP) is 5.47. The number of hydrogen-bond acceptors (Lipinski definition) is 8. The van der Waals surface area contributed by atoms with Gasteiger partial charge in [0.1, 0.15) is 18.0 Å². The normalized spacial score (nSPS) is 17.3. The van der Waals surface area contributed by atoms with E-state index in [1.54, 1.807) is 42.5 Å². The highest BCUT2D eigenvalue weighted by molar-refractivity contribution is 6.35. The van der Waals surface area contributed by atoms with Crippen molar-refractivity contribution < 1.29 is 37.8 Å². The maximum absolute atomic E-state index is 13.7. The zero-order valence-corrected chi connectivity index (χ0v) is 24.5. The molecule has 0 spiro atoms. The van der Waals surface area contributed by atoms with E-state index in [9.17, 15) is 23.9 Å². The summed E-state index contributed by atoms with van der Waals surface area (Å²) in [6.07, 6.45) is 0.905. The Labute approximate surface area is 260 Å². The number of fused-ring (bicyclic) bond motifs is 2. The molecule has 2 aromatic carbocycles. The SMILES string of the molecule is O=C(O)c1ccc2nc(CN3C(=O)CC(c4cccc(OCc5ccc(Cl)c6cc(F)oc56)n4)CC3=O)n(C[C@@H]3CCO3)c2c1. The first-order valence-electron chi connectivity index (χ1n) is 14.4. The number of nitrogens with zero attached hydrogens (tertiary/aromatic N) is 4. The van der Waals surface area contributed by atoms with E-state index in [1.807, 2.05) is 4.57 Å². The van der Waals surface area contributed by atoms with E-state index in [2.05, 4.69) is 9.97 Å². The number of ether oxygens (including phenoxy) is 2. The van der Waals surface area contributed by atoms with Crippen molar-refractivity contribution in [2.24, 2.45) is 0 Å². The number of furan rings is 1. The maximum atomic E-state index is 13.7. The lowest BCUT2D eigenvalue weighted by Gasteiger charge is -2.31. The van der Waals surface area contributed by atoms with Crippen LogP contribution in [-0.4, -0.2) is 55.0 Å². The molecule has 0 saturated carbocycles. The van der Waals surface area contributed by atoms with Crippen molar-refractivity contribution in [1.29, 1.82) is 0 Å². The van der Waals surface area contributed by atoms with Crippen molar-refractivity contribution in [2.45, 2.75) is 51.0 Å². The van der Waals surface area contributed by atoms with Gasteiger partial charge in [-0.15, -0.1) is 0 Å². The molecule has 2 amide bonds. The standard InChI is InChI=1S/C32H26ClFN4O7/c33-22-6-4-18(31-21(22)13-26(34)45-31)16-44-28-3-1-2-23(36-28)19-11-29(39)38(30(40)12-19)15-27-35-24-7-5-17(32(41)42)10-25(24)37(27)14-20-8-9-43-20/h1-7,10,13,19-20H,8-9,11-12,14-16H2,(H,41,42)/t20-/m0/s1. The summed E-state index contributed by atoms with van der Waals surface area (Å²) in [5, 5.41) is 10.3. The second-order valence-electron chi connectivity index (χ2n) is 11.1. The number of carbonyl (C=O) groups excluding carboxylic acids is 2. The van der Waals surface area contributed by atoms with E-state index in [-0.39, 0.29) is 60.9 Å². The van der Waals surface area contributed by atoms with Crippen molar-refractivity contribution >= 4 is 51.4 Å². The van der Waals surface area contributed by atoms with Gasteiger partial charge in [0, 0.05) is 54.1 Å². The van der Waals surface area contributed by atoms with Crippen molar-refractivity contribution in [1.82, 2.24) is 19.4 Å². The quantitative estimate of drug-likeness (QED) is 0.210. The summed E-state index contributed by atoms with van der Waals surface area (Å²) in [6.45, 7) is 1.07. The Morgan fingerprint density at radius 2 is 1.89 bits per heavy atom. The Kier molecular flexibility index (Phi) is 7.46. The monoisotopic (exact) mass is 632 g/mol. The van der Waals surface area contributed by atoms with Gasteiger partial charge in [-0.1, -0.05) is 23.7 Å². The molecule has 1 N–H and O–H groups in total. The van der Waals surface area contributed by atoms with Gasteiger partial charge in [-0.25, -0.2) is 14.8 Å². The number of carbonyl (C=O) groups is 3. The highest BCUT2D eigenvalue weighted by atomic mass is 35.5. The van der Waals surface area contributed by atoms with Crippen molar-refractivity contribution in [2.75, 3.05) is 6.61 Å². The average Bonchev–Trinajstić information content (AvgIpc) is 3.56. The van der Waals surface area contributed by atoms with Crippen LogP contribution < -0.4 is 4.74 Å². The second-order valence-corrected chi connectivity index (χ2v) is 11.5. The molecule has 5 heterocycles. The number of imide groups is 1. The molecule has 2 aliphatic rings. The number of piperidine rings is 1. The first kappa shape index (κ1) is 28.9. The van der Waals surface area contributed by atoms with Gasteiger partial charge in [0.25, 0.3) is 6.01 Å². The van der Waals surface area contributed by atoms with Crippen LogP contribution >= 0.6 is 11.6 Å². The molecule has 0 unspecified atom stereocenters. The molecule has 5 aromatic rings. The Morgan fingerprint density at radius 3 is 2.62 bits per heavy atom. The van der Waals surface area contributed by atoms with E-state index < -0.39 is 17.9 Å². The van der Waals surface area contributed by atoms with Gasteiger partial charge in [0.05, 0.1) is 40.8 Å². The van der Waals surface area contributed by atoms with Crippen LogP contribution in [0.25, 0.3) is 22.0 Å². The molecule has 2 fully saturated rings. The van der Waals surface area contributed by atoms with E-state index in [0.717, 1.165) is 6.42 Å². The van der Waals surface area contributed by atoms with E-state index in [0.29, 0.717) is 51.7 Å². The fourth-order valence-corrected chi connectivity index (χ4v) is 5.97. The predicted molar refractivity (Wildman–Crippen MR) is 158 cm³/mol. The summed E-state index contributed by atoms with van der Waals surface area (Å²) in [4.78, 5) is 48.7. The highest BCUT2D eigenvalue weighted by Crippen LogP contribution is 2.33. The van der Waals surface area contributed by atoms with Gasteiger partial charge in [-0.3, -0.25) is 14.5 Å². The Balaban J connectivity index is 1.07. The van der Waals surface area contributed by atoms with Crippen LogP contribution in [0.4, 0.5) is 4.39 Å². The molecule has 0 bridgehead atoms. The number of aromatic nitrogens is 3. The number of halogens is 2. The molecule has 11 nitrogen and oxygen atoms in total. The number of likely N-dealkylation sites (tertiary alicyclic amines) is 1. The lowest BCUT2D eigenvalue weighted by Crippen LogP contribution is -2.43. The number of benzene rings is 2. The molecule has 45 heavy (non-hydrogen) atoms. The Morgan fingerprint density at radius 1 is 1.09 bits per heavy atom. The number of rotatable bonds is 9. The number of pyridine rings is 1. The summed E-state index contributed by atoms with van der Waals surface area (Å²) in [7, 11) is 0. The lowest BCUT2D eigenvalue weighted by molar-refractivity contribution is -0.149. The molecule has 7 rings (SSSR count). The van der Waals surface area contributed by atoms with Gasteiger partial charge in [0.15, 0.2) is 0 Å². The summed E-state index contributed by atoms with van der Waals surface area (Å²) in [6, 6.07) is 13.6. The summed E-state index contributed by atoms with van der Waals surface area (Å²) < 4.78 is 32.2. The summed E-state index contributed by atoms with van der Waals surface area (Å²) in [5.74, 6) is -1.49. The Bertz CT molecular complexity index is 1970. The third kappa shape index (κ3) is 5.62. The average molecular weight is 633 g/mol. The first-order valence-corrected chi connectivity index (χ1v) is 14.7.